The number of carbonyl (C=O) groups is 1. The zero-order valence-electron chi connectivity index (χ0n) is 13.7. The van der Waals surface area contributed by atoms with Gasteiger partial charge in [0.2, 0.25) is 20.0 Å². The molecule has 0 saturated carbocycles. The molecule has 2 N–H and O–H groups in total. The Morgan fingerprint density at radius 3 is 2.36 bits per heavy atom. The normalized spacial score (nSPS) is 16.6. The number of carboxylic acids is 1. The van der Waals surface area contributed by atoms with E-state index < -0.39 is 26.0 Å². The van der Waals surface area contributed by atoms with E-state index in [0.29, 0.717) is 13.1 Å². The number of hydrogen-bond acceptors (Lipinski definition) is 5. The van der Waals surface area contributed by atoms with E-state index >= 15 is 0 Å². The molecule has 2 rings (SSSR count). The molecule has 0 radical (unpaired) electrons. The van der Waals surface area contributed by atoms with Crippen molar-refractivity contribution in [1.29, 1.82) is 0 Å². The van der Waals surface area contributed by atoms with Crippen molar-refractivity contribution in [3.63, 3.8) is 0 Å². The standard InChI is InChI=1S/C15H22N2O6S2/c18-15(19)8-5-9-16-24(20,21)13-6-4-7-14(12-13)25(22,23)17-10-2-1-3-11-17/h4,6-7,12,16H,1-3,5,8-11H2,(H,18,19). The smallest absolute Gasteiger partial charge is 0.303 e. The highest BCUT2D eigenvalue weighted by Crippen LogP contribution is 2.22. The largest absolute Gasteiger partial charge is 0.481 e. The van der Waals surface area contributed by atoms with Crippen molar-refractivity contribution < 1.29 is 26.7 Å². The summed E-state index contributed by atoms with van der Waals surface area (Å²) in [4.78, 5) is 10.2. The summed E-state index contributed by atoms with van der Waals surface area (Å²) in [6.07, 6.45) is 2.58. The number of aliphatic carboxylic acids is 1. The summed E-state index contributed by atoms with van der Waals surface area (Å²) >= 11 is 0. The van der Waals surface area contributed by atoms with E-state index in [1.165, 1.54) is 22.5 Å². The average molecular weight is 390 g/mol. The number of rotatable bonds is 8. The van der Waals surface area contributed by atoms with Gasteiger partial charge in [0.05, 0.1) is 9.79 Å². The van der Waals surface area contributed by atoms with E-state index in [1.807, 2.05) is 0 Å². The Balaban J connectivity index is 2.15. The van der Waals surface area contributed by atoms with Gasteiger partial charge in [0.15, 0.2) is 0 Å². The van der Waals surface area contributed by atoms with Crippen LogP contribution in [-0.4, -0.2) is 51.9 Å². The van der Waals surface area contributed by atoms with Crippen LogP contribution in [0, 0.1) is 0 Å². The minimum Gasteiger partial charge on any atom is -0.481 e. The number of hydrogen-bond donors (Lipinski definition) is 2. The van der Waals surface area contributed by atoms with Gasteiger partial charge in [-0.2, -0.15) is 4.31 Å². The lowest BCUT2D eigenvalue weighted by molar-refractivity contribution is -0.137. The third kappa shape index (κ3) is 5.24. The molecule has 0 amide bonds. The molecule has 0 atom stereocenters. The molecule has 1 aromatic rings. The summed E-state index contributed by atoms with van der Waals surface area (Å²) in [6.45, 7) is 0.844. The highest BCUT2D eigenvalue weighted by molar-refractivity contribution is 7.90. The van der Waals surface area contributed by atoms with Crippen molar-refractivity contribution in [2.75, 3.05) is 19.6 Å². The molecule has 1 fully saturated rings. The monoisotopic (exact) mass is 390 g/mol. The molecule has 8 nitrogen and oxygen atoms in total. The Morgan fingerprint density at radius 1 is 1.08 bits per heavy atom. The Hall–Kier alpha value is -1.49. The molecular formula is C15H22N2O6S2. The maximum Gasteiger partial charge on any atom is 0.303 e. The van der Waals surface area contributed by atoms with Crippen molar-refractivity contribution in [2.24, 2.45) is 0 Å². The summed E-state index contributed by atoms with van der Waals surface area (Å²) in [5.74, 6) is -1.01. The molecular weight excluding hydrogens is 368 g/mol. The lowest BCUT2D eigenvalue weighted by Crippen LogP contribution is -2.35. The Bertz CT molecular complexity index is 814. The zero-order valence-corrected chi connectivity index (χ0v) is 15.4. The number of piperidine rings is 1. The van der Waals surface area contributed by atoms with Crippen molar-refractivity contribution in [1.82, 2.24) is 9.03 Å². The second-order valence-corrected chi connectivity index (χ2v) is 9.54. The third-order valence-corrected chi connectivity index (χ3v) is 7.28. The van der Waals surface area contributed by atoms with Crippen LogP contribution in [0.5, 0.6) is 0 Å². The predicted octanol–water partition coefficient (Wildman–Crippen LogP) is 1.00. The van der Waals surface area contributed by atoms with Gasteiger partial charge in [0, 0.05) is 26.1 Å². The molecule has 140 valence electrons. The fourth-order valence-electron chi connectivity index (χ4n) is 2.59. The molecule has 0 bridgehead atoms. The first-order chi connectivity index (χ1) is 11.7. The van der Waals surface area contributed by atoms with Crippen LogP contribution in [0.3, 0.4) is 0 Å². The molecule has 0 aliphatic carbocycles. The summed E-state index contributed by atoms with van der Waals surface area (Å²) in [5, 5.41) is 8.56. The van der Waals surface area contributed by atoms with Gasteiger partial charge in [-0.1, -0.05) is 12.5 Å². The van der Waals surface area contributed by atoms with Gasteiger partial charge in [0.25, 0.3) is 0 Å². The first-order valence-corrected chi connectivity index (χ1v) is 11.0. The fourth-order valence-corrected chi connectivity index (χ4v) is 5.34. The van der Waals surface area contributed by atoms with Crippen LogP contribution in [0.15, 0.2) is 34.1 Å². The number of sulfonamides is 2. The van der Waals surface area contributed by atoms with Crippen LogP contribution < -0.4 is 4.72 Å². The lowest BCUT2D eigenvalue weighted by Gasteiger charge is -2.26. The SMILES string of the molecule is O=C(O)CCCNS(=O)(=O)c1cccc(S(=O)(=O)N2CCCCC2)c1. The second-order valence-electron chi connectivity index (χ2n) is 5.83. The van der Waals surface area contributed by atoms with Gasteiger partial charge < -0.3 is 5.11 Å². The van der Waals surface area contributed by atoms with E-state index in [2.05, 4.69) is 4.72 Å². The Kier molecular flexibility index (Phi) is 6.55. The number of nitrogens with one attached hydrogen (secondary N) is 1. The minimum absolute atomic E-state index is 0.0300. The fraction of sp³-hybridized carbons (Fsp3) is 0.533. The van der Waals surface area contributed by atoms with Gasteiger partial charge in [-0.25, -0.2) is 21.6 Å². The van der Waals surface area contributed by atoms with E-state index in [0.717, 1.165) is 25.3 Å². The maximum absolute atomic E-state index is 12.6. The lowest BCUT2D eigenvalue weighted by atomic mass is 10.2. The van der Waals surface area contributed by atoms with Gasteiger partial charge >= 0.3 is 5.97 Å². The first kappa shape index (κ1) is 19.8. The summed E-state index contributed by atoms with van der Waals surface area (Å²) in [5.41, 5.74) is 0. The molecule has 10 heteroatoms. The number of benzene rings is 1. The van der Waals surface area contributed by atoms with E-state index in [-0.39, 0.29) is 29.2 Å². The van der Waals surface area contributed by atoms with Crippen molar-refractivity contribution in [3.05, 3.63) is 24.3 Å². The van der Waals surface area contributed by atoms with Crippen molar-refractivity contribution in [3.8, 4) is 0 Å². The quantitative estimate of drug-likeness (QED) is 0.639. The molecule has 1 saturated heterocycles. The van der Waals surface area contributed by atoms with Crippen LogP contribution in [0.25, 0.3) is 0 Å². The Labute approximate surface area is 147 Å². The summed E-state index contributed by atoms with van der Waals surface area (Å²) in [7, 11) is -7.62. The van der Waals surface area contributed by atoms with Crippen molar-refractivity contribution in [2.45, 2.75) is 41.9 Å². The second kappa shape index (κ2) is 8.26. The van der Waals surface area contributed by atoms with Crippen LogP contribution in [0.4, 0.5) is 0 Å². The maximum atomic E-state index is 12.6. The van der Waals surface area contributed by atoms with E-state index in [4.69, 9.17) is 5.11 Å². The van der Waals surface area contributed by atoms with Crippen LogP contribution in [0.2, 0.25) is 0 Å². The summed E-state index contributed by atoms with van der Waals surface area (Å²) < 4.78 is 53.5. The topological polar surface area (TPSA) is 121 Å². The van der Waals surface area contributed by atoms with Gasteiger partial charge in [-0.15, -0.1) is 0 Å². The molecule has 25 heavy (non-hydrogen) atoms. The van der Waals surface area contributed by atoms with Crippen LogP contribution in [-0.2, 0) is 24.8 Å². The van der Waals surface area contributed by atoms with Gasteiger partial charge in [0.1, 0.15) is 0 Å². The van der Waals surface area contributed by atoms with Gasteiger partial charge in [-0.05, 0) is 37.5 Å². The zero-order chi connectivity index (χ0) is 18.5. The highest BCUT2D eigenvalue weighted by Gasteiger charge is 2.27. The van der Waals surface area contributed by atoms with E-state index in [9.17, 15) is 21.6 Å². The van der Waals surface area contributed by atoms with E-state index in [1.54, 1.807) is 0 Å². The van der Waals surface area contributed by atoms with Crippen LogP contribution >= 0.6 is 0 Å². The Morgan fingerprint density at radius 2 is 1.72 bits per heavy atom. The minimum atomic E-state index is -3.90. The average Bonchev–Trinajstić information content (AvgIpc) is 2.59. The van der Waals surface area contributed by atoms with Gasteiger partial charge in [-0.3, -0.25) is 4.79 Å². The molecule has 0 unspecified atom stereocenters. The molecule has 1 aromatic carbocycles. The predicted molar refractivity (Wildman–Crippen MR) is 91.1 cm³/mol. The van der Waals surface area contributed by atoms with Crippen LogP contribution in [0.1, 0.15) is 32.1 Å². The van der Waals surface area contributed by atoms with Crippen molar-refractivity contribution >= 4 is 26.0 Å². The number of carboxylic acid groups (broad SMARTS) is 1. The molecule has 1 aliphatic rings. The number of nitrogens with zero attached hydrogens (tertiary/aromatic N) is 1. The highest BCUT2D eigenvalue weighted by atomic mass is 32.2. The molecule has 1 aliphatic heterocycles. The first-order valence-electron chi connectivity index (χ1n) is 8.05. The molecule has 0 spiro atoms. The third-order valence-electron chi connectivity index (χ3n) is 3.93. The molecule has 0 aromatic heterocycles. The summed E-state index contributed by atoms with van der Waals surface area (Å²) in [6, 6.07) is 5.23. The molecule has 1 heterocycles.